The van der Waals surface area contributed by atoms with Crippen molar-refractivity contribution in [3.8, 4) is 6.07 Å². The molecular formula is C14H13N3. The normalized spacial score (nSPS) is 9.65. The highest BCUT2D eigenvalue weighted by molar-refractivity contribution is 5.43. The van der Waals surface area contributed by atoms with Gasteiger partial charge in [0.1, 0.15) is 11.8 Å². The topological polar surface area (TPSA) is 48.7 Å². The van der Waals surface area contributed by atoms with Crippen molar-refractivity contribution in [2.24, 2.45) is 0 Å². The van der Waals surface area contributed by atoms with Crippen molar-refractivity contribution in [1.82, 2.24) is 4.98 Å². The van der Waals surface area contributed by atoms with Crippen molar-refractivity contribution in [2.75, 3.05) is 5.32 Å². The van der Waals surface area contributed by atoms with Crippen LogP contribution in [0, 0.1) is 18.3 Å². The smallest absolute Gasteiger partial charge is 0.140 e. The molecule has 0 saturated carbocycles. The van der Waals surface area contributed by atoms with Gasteiger partial charge in [-0.05, 0) is 24.6 Å². The van der Waals surface area contributed by atoms with E-state index in [2.05, 4.69) is 41.5 Å². The standard InChI is InChI=1S/C14H13N3/c1-11-2-4-12(5-3-11)9-16-14-7-6-13(8-15)17-10-14/h2-7,10,16H,9H2,1H3. The molecular weight excluding hydrogens is 210 g/mol. The maximum atomic E-state index is 8.63. The summed E-state index contributed by atoms with van der Waals surface area (Å²) in [6.07, 6.45) is 1.67. The molecule has 2 aromatic rings. The number of anilines is 1. The number of hydrogen-bond donors (Lipinski definition) is 1. The van der Waals surface area contributed by atoms with Crippen molar-refractivity contribution < 1.29 is 0 Å². The molecule has 84 valence electrons. The highest BCUT2D eigenvalue weighted by Crippen LogP contribution is 2.09. The fourth-order valence-corrected chi connectivity index (χ4v) is 1.47. The van der Waals surface area contributed by atoms with Gasteiger partial charge in [-0.15, -0.1) is 0 Å². The van der Waals surface area contributed by atoms with Gasteiger partial charge in [-0.2, -0.15) is 5.26 Å². The number of nitrogens with one attached hydrogen (secondary N) is 1. The first kappa shape index (κ1) is 11.2. The molecule has 0 aliphatic carbocycles. The first-order chi connectivity index (χ1) is 8.28. The summed E-state index contributed by atoms with van der Waals surface area (Å²) in [6.45, 7) is 2.83. The fourth-order valence-electron chi connectivity index (χ4n) is 1.47. The zero-order chi connectivity index (χ0) is 12.1. The van der Waals surface area contributed by atoms with Gasteiger partial charge in [-0.1, -0.05) is 29.8 Å². The van der Waals surface area contributed by atoms with E-state index in [0.717, 1.165) is 12.2 Å². The van der Waals surface area contributed by atoms with E-state index in [1.54, 1.807) is 12.3 Å². The molecule has 17 heavy (non-hydrogen) atoms. The molecule has 3 nitrogen and oxygen atoms in total. The van der Waals surface area contributed by atoms with E-state index >= 15 is 0 Å². The van der Waals surface area contributed by atoms with Crippen LogP contribution in [0.4, 0.5) is 5.69 Å². The maximum Gasteiger partial charge on any atom is 0.140 e. The summed E-state index contributed by atoms with van der Waals surface area (Å²) in [6, 6.07) is 13.9. The predicted octanol–water partition coefficient (Wildman–Crippen LogP) is 2.87. The Morgan fingerprint density at radius 3 is 2.53 bits per heavy atom. The second-order valence-electron chi connectivity index (χ2n) is 3.88. The lowest BCUT2D eigenvalue weighted by Crippen LogP contribution is -1.99. The van der Waals surface area contributed by atoms with E-state index in [9.17, 15) is 0 Å². The van der Waals surface area contributed by atoms with Crippen LogP contribution in [0.25, 0.3) is 0 Å². The monoisotopic (exact) mass is 223 g/mol. The van der Waals surface area contributed by atoms with Crippen molar-refractivity contribution in [3.05, 3.63) is 59.4 Å². The van der Waals surface area contributed by atoms with Gasteiger partial charge in [0.15, 0.2) is 0 Å². The number of hydrogen-bond acceptors (Lipinski definition) is 3. The van der Waals surface area contributed by atoms with Gasteiger partial charge >= 0.3 is 0 Å². The van der Waals surface area contributed by atoms with Crippen molar-refractivity contribution in [1.29, 1.82) is 5.26 Å². The largest absolute Gasteiger partial charge is 0.380 e. The molecule has 0 atom stereocenters. The average Bonchev–Trinajstić information content (AvgIpc) is 2.39. The Bertz CT molecular complexity index is 521. The summed E-state index contributed by atoms with van der Waals surface area (Å²) in [7, 11) is 0. The second kappa shape index (κ2) is 5.13. The minimum absolute atomic E-state index is 0.436. The molecule has 1 aromatic heterocycles. The van der Waals surface area contributed by atoms with Gasteiger partial charge in [-0.3, -0.25) is 0 Å². The maximum absolute atomic E-state index is 8.63. The van der Waals surface area contributed by atoms with Crippen LogP contribution in [0.5, 0.6) is 0 Å². The summed E-state index contributed by atoms with van der Waals surface area (Å²) >= 11 is 0. The molecule has 0 spiro atoms. The van der Waals surface area contributed by atoms with E-state index in [-0.39, 0.29) is 0 Å². The zero-order valence-electron chi connectivity index (χ0n) is 9.64. The van der Waals surface area contributed by atoms with E-state index in [1.807, 2.05) is 12.1 Å². The molecule has 0 unspecified atom stereocenters. The van der Waals surface area contributed by atoms with E-state index in [4.69, 9.17) is 5.26 Å². The summed E-state index contributed by atoms with van der Waals surface area (Å²) in [5.74, 6) is 0. The van der Waals surface area contributed by atoms with Crippen LogP contribution in [0.3, 0.4) is 0 Å². The molecule has 2 rings (SSSR count). The Morgan fingerprint density at radius 2 is 1.94 bits per heavy atom. The van der Waals surface area contributed by atoms with Gasteiger partial charge in [0.25, 0.3) is 0 Å². The number of benzene rings is 1. The van der Waals surface area contributed by atoms with E-state index < -0.39 is 0 Å². The zero-order valence-corrected chi connectivity index (χ0v) is 9.64. The molecule has 0 radical (unpaired) electrons. The molecule has 0 amide bonds. The first-order valence-electron chi connectivity index (χ1n) is 5.43. The molecule has 0 aliphatic heterocycles. The molecule has 1 N–H and O–H groups in total. The van der Waals surface area contributed by atoms with Crippen LogP contribution in [-0.4, -0.2) is 4.98 Å². The molecule has 0 bridgehead atoms. The van der Waals surface area contributed by atoms with Gasteiger partial charge in [0.2, 0.25) is 0 Å². The first-order valence-corrected chi connectivity index (χ1v) is 5.43. The van der Waals surface area contributed by atoms with E-state index in [0.29, 0.717) is 5.69 Å². The average molecular weight is 223 g/mol. The van der Waals surface area contributed by atoms with Crippen LogP contribution < -0.4 is 5.32 Å². The van der Waals surface area contributed by atoms with Gasteiger partial charge in [0, 0.05) is 6.54 Å². The van der Waals surface area contributed by atoms with Crippen molar-refractivity contribution in [3.63, 3.8) is 0 Å². The number of nitrogens with zero attached hydrogens (tertiary/aromatic N) is 2. The Balaban J connectivity index is 1.98. The van der Waals surface area contributed by atoms with Gasteiger partial charge in [0.05, 0.1) is 11.9 Å². The third-order valence-electron chi connectivity index (χ3n) is 2.50. The number of aryl methyl sites for hydroxylation is 1. The lowest BCUT2D eigenvalue weighted by molar-refractivity contribution is 1.13. The van der Waals surface area contributed by atoms with Crippen LogP contribution in [0.15, 0.2) is 42.6 Å². The summed E-state index contributed by atoms with van der Waals surface area (Å²) in [5, 5.41) is 11.9. The fraction of sp³-hybridized carbons (Fsp3) is 0.143. The third-order valence-corrected chi connectivity index (χ3v) is 2.50. The third kappa shape index (κ3) is 3.05. The SMILES string of the molecule is Cc1ccc(CNc2ccc(C#N)nc2)cc1. The number of nitriles is 1. The Morgan fingerprint density at radius 1 is 1.18 bits per heavy atom. The van der Waals surface area contributed by atoms with E-state index in [1.165, 1.54) is 11.1 Å². The number of aromatic nitrogens is 1. The summed E-state index contributed by atoms with van der Waals surface area (Å²) in [5.41, 5.74) is 3.84. The summed E-state index contributed by atoms with van der Waals surface area (Å²) < 4.78 is 0. The highest BCUT2D eigenvalue weighted by atomic mass is 14.9. The van der Waals surface area contributed by atoms with Gasteiger partial charge < -0.3 is 5.32 Å². The molecule has 1 aromatic carbocycles. The van der Waals surface area contributed by atoms with Gasteiger partial charge in [-0.25, -0.2) is 4.98 Å². The van der Waals surface area contributed by atoms with Crippen LogP contribution >= 0.6 is 0 Å². The second-order valence-corrected chi connectivity index (χ2v) is 3.88. The lowest BCUT2D eigenvalue weighted by Gasteiger charge is -2.06. The van der Waals surface area contributed by atoms with Crippen molar-refractivity contribution in [2.45, 2.75) is 13.5 Å². The predicted molar refractivity (Wildman–Crippen MR) is 67.5 cm³/mol. The summed E-state index contributed by atoms with van der Waals surface area (Å²) in [4.78, 5) is 4.00. The molecule has 0 fully saturated rings. The Labute approximate surface area is 101 Å². The molecule has 0 aliphatic rings. The van der Waals surface area contributed by atoms with Crippen LogP contribution in [0.1, 0.15) is 16.8 Å². The minimum Gasteiger partial charge on any atom is -0.380 e. The van der Waals surface area contributed by atoms with Crippen LogP contribution in [0.2, 0.25) is 0 Å². The highest BCUT2D eigenvalue weighted by Gasteiger charge is 1.95. The Hall–Kier alpha value is -2.34. The molecule has 3 heteroatoms. The number of rotatable bonds is 3. The lowest BCUT2D eigenvalue weighted by atomic mass is 10.1. The molecule has 0 saturated heterocycles. The molecule has 1 heterocycles. The Kier molecular flexibility index (Phi) is 3.37. The van der Waals surface area contributed by atoms with Crippen LogP contribution in [-0.2, 0) is 6.54 Å². The number of pyridine rings is 1. The van der Waals surface area contributed by atoms with Crippen molar-refractivity contribution >= 4 is 5.69 Å². The minimum atomic E-state index is 0.436. The quantitative estimate of drug-likeness (QED) is 0.870.